The van der Waals surface area contributed by atoms with Crippen molar-refractivity contribution in [3.8, 4) is 0 Å². The molecule has 0 spiro atoms. The van der Waals surface area contributed by atoms with Crippen LogP contribution in [0.25, 0.3) is 17.7 Å². The average molecular weight is 474 g/mol. The van der Waals surface area contributed by atoms with Crippen molar-refractivity contribution in [1.82, 2.24) is 14.9 Å². The SMILES string of the molecule is CN1C=C(C2=C3C=CC(=N3)C=c3ccc([nH]3)=CC3=NC(Cl)(C=C3)C(Cl)c3ccc2[nH]3)C=CC1. The van der Waals surface area contributed by atoms with E-state index in [4.69, 9.17) is 33.2 Å². The van der Waals surface area contributed by atoms with Gasteiger partial charge in [-0.3, -0.25) is 4.99 Å². The van der Waals surface area contributed by atoms with E-state index in [-0.39, 0.29) is 0 Å². The van der Waals surface area contributed by atoms with Crippen molar-refractivity contribution >= 4 is 52.4 Å². The fraction of sp³-hybridized carbons (Fsp3) is 0.154. The van der Waals surface area contributed by atoms with Gasteiger partial charge in [-0.2, -0.15) is 0 Å². The van der Waals surface area contributed by atoms with E-state index in [2.05, 4.69) is 46.3 Å². The zero-order chi connectivity index (χ0) is 22.6. The highest BCUT2D eigenvalue weighted by Gasteiger charge is 2.38. The Labute approximate surface area is 201 Å². The number of fused-ring (bicyclic) bond motifs is 6. The molecule has 5 nitrogen and oxygen atoms in total. The van der Waals surface area contributed by atoms with Crippen LogP contribution in [0.5, 0.6) is 0 Å². The van der Waals surface area contributed by atoms with Crippen molar-refractivity contribution in [2.24, 2.45) is 9.98 Å². The van der Waals surface area contributed by atoms with Crippen molar-refractivity contribution in [3.05, 3.63) is 100 Å². The van der Waals surface area contributed by atoms with Gasteiger partial charge in [0.05, 0.1) is 17.1 Å². The molecule has 0 aliphatic carbocycles. The number of nitrogens with one attached hydrogen (secondary N) is 2. The maximum atomic E-state index is 6.88. The van der Waals surface area contributed by atoms with E-state index >= 15 is 0 Å². The molecule has 6 rings (SSSR count). The summed E-state index contributed by atoms with van der Waals surface area (Å²) < 4.78 is 0. The largest absolute Gasteiger partial charge is 0.376 e. The number of aliphatic imine (C=N–C) groups is 2. The molecule has 2 N–H and O–H groups in total. The molecule has 2 aromatic heterocycles. The molecule has 4 aliphatic heterocycles. The van der Waals surface area contributed by atoms with Gasteiger partial charge in [0.25, 0.3) is 0 Å². The second-order valence-electron chi connectivity index (χ2n) is 8.50. The molecule has 0 radical (unpaired) electrons. The molecular formula is C26H21Cl2N5. The van der Waals surface area contributed by atoms with Crippen molar-refractivity contribution in [3.63, 3.8) is 0 Å². The predicted molar refractivity (Wildman–Crippen MR) is 137 cm³/mol. The fourth-order valence-corrected chi connectivity index (χ4v) is 4.93. The van der Waals surface area contributed by atoms with Gasteiger partial charge in [0.15, 0.2) is 5.00 Å². The average Bonchev–Trinajstić information content (AvgIpc) is 3.58. The number of aromatic amines is 2. The van der Waals surface area contributed by atoms with Crippen LogP contribution in [-0.4, -0.2) is 44.9 Å². The molecule has 6 heterocycles. The second-order valence-corrected chi connectivity index (χ2v) is 9.54. The highest BCUT2D eigenvalue weighted by atomic mass is 35.5. The predicted octanol–water partition coefficient (Wildman–Crippen LogP) is 3.95. The first-order valence-corrected chi connectivity index (χ1v) is 11.6. The lowest BCUT2D eigenvalue weighted by atomic mass is 9.99. The molecule has 7 heteroatoms. The Bertz CT molecular complexity index is 1490. The zero-order valence-electron chi connectivity index (χ0n) is 17.9. The van der Waals surface area contributed by atoms with Crippen LogP contribution in [0.2, 0.25) is 0 Å². The molecule has 8 bridgehead atoms. The van der Waals surface area contributed by atoms with Gasteiger partial charge in [-0.15, -0.1) is 11.6 Å². The Kier molecular flexibility index (Phi) is 4.71. The molecule has 2 atom stereocenters. The van der Waals surface area contributed by atoms with E-state index in [1.165, 1.54) is 0 Å². The van der Waals surface area contributed by atoms with Gasteiger partial charge in [0.2, 0.25) is 0 Å². The van der Waals surface area contributed by atoms with Crippen molar-refractivity contribution < 1.29 is 0 Å². The summed E-state index contributed by atoms with van der Waals surface area (Å²) in [6, 6.07) is 8.05. The molecule has 0 saturated heterocycles. The van der Waals surface area contributed by atoms with Gasteiger partial charge in [-0.1, -0.05) is 23.8 Å². The highest BCUT2D eigenvalue weighted by molar-refractivity contribution is 6.36. The first-order chi connectivity index (χ1) is 16.0. The smallest absolute Gasteiger partial charge is 0.174 e. The van der Waals surface area contributed by atoms with Crippen molar-refractivity contribution in [2.45, 2.75) is 10.4 Å². The van der Waals surface area contributed by atoms with Crippen LogP contribution in [0.1, 0.15) is 16.8 Å². The Morgan fingerprint density at radius 3 is 2.64 bits per heavy atom. The van der Waals surface area contributed by atoms with Crippen LogP contribution in [0, 0.1) is 0 Å². The van der Waals surface area contributed by atoms with Gasteiger partial charge in [-0.25, -0.2) is 4.99 Å². The van der Waals surface area contributed by atoms with E-state index in [0.29, 0.717) is 0 Å². The summed E-state index contributed by atoms with van der Waals surface area (Å²) in [5.41, 5.74) is 6.36. The summed E-state index contributed by atoms with van der Waals surface area (Å²) in [7, 11) is 2.06. The monoisotopic (exact) mass is 473 g/mol. The highest BCUT2D eigenvalue weighted by Crippen LogP contribution is 2.43. The van der Waals surface area contributed by atoms with Crippen molar-refractivity contribution in [1.29, 1.82) is 0 Å². The lowest BCUT2D eigenvalue weighted by molar-refractivity contribution is 0.502. The molecule has 2 unspecified atom stereocenters. The third-order valence-electron chi connectivity index (χ3n) is 5.99. The number of allylic oxidation sites excluding steroid dienone is 6. The number of likely N-dealkylation sites (N-methyl/N-ethyl adjacent to an activating group) is 1. The summed E-state index contributed by atoms with van der Waals surface area (Å²) in [5, 5.41) is 1.33. The van der Waals surface area contributed by atoms with Gasteiger partial charge >= 0.3 is 0 Å². The number of halogens is 2. The van der Waals surface area contributed by atoms with E-state index in [1.54, 1.807) is 0 Å². The summed E-state index contributed by atoms with van der Waals surface area (Å²) in [6.07, 6.45) is 18.3. The number of H-pyrrole nitrogens is 2. The number of alkyl halides is 2. The van der Waals surface area contributed by atoms with E-state index in [1.807, 2.05) is 54.6 Å². The minimum absolute atomic E-state index is 0.571. The second kappa shape index (κ2) is 7.65. The number of rotatable bonds is 1. The van der Waals surface area contributed by atoms with Gasteiger partial charge < -0.3 is 14.9 Å². The Morgan fingerprint density at radius 1 is 1.00 bits per heavy atom. The topological polar surface area (TPSA) is 59.5 Å². The van der Waals surface area contributed by atoms with E-state index < -0.39 is 10.4 Å². The van der Waals surface area contributed by atoms with Gasteiger partial charge in [0, 0.05) is 53.0 Å². The molecule has 164 valence electrons. The Hall–Kier alpha value is -3.28. The number of nitrogens with zero attached hydrogens (tertiary/aromatic N) is 3. The number of hydrogen-bond acceptors (Lipinski definition) is 3. The maximum Gasteiger partial charge on any atom is 0.174 e. The number of aromatic nitrogens is 2. The first-order valence-electron chi connectivity index (χ1n) is 10.8. The summed E-state index contributed by atoms with van der Waals surface area (Å²) in [6.45, 7) is 0.873. The summed E-state index contributed by atoms with van der Waals surface area (Å²) >= 11 is 13.8. The fourth-order valence-electron chi connectivity index (χ4n) is 4.40. The Balaban J connectivity index is 1.59. The lowest BCUT2D eigenvalue weighted by Crippen LogP contribution is -2.21. The summed E-state index contributed by atoms with van der Waals surface area (Å²) in [4.78, 5) is 17.6. The molecule has 0 fully saturated rings. The van der Waals surface area contributed by atoms with Crippen LogP contribution in [0.15, 0.2) is 88.2 Å². The maximum absolute atomic E-state index is 6.88. The minimum Gasteiger partial charge on any atom is -0.376 e. The molecule has 0 amide bonds. The minimum atomic E-state index is -1.07. The van der Waals surface area contributed by atoms with Gasteiger partial charge in [0.1, 0.15) is 5.38 Å². The lowest BCUT2D eigenvalue weighted by Gasteiger charge is -2.22. The number of hydrogen-bond donors (Lipinski definition) is 2. The van der Waals surface area contributed by atoms with Crippen molar-refractivity contribution in [2.75, 3.05) is 13.6 Å². The van der Waals surface area contributed by atoms with Crippen LogP contribution in [-0.2, 0) is 0 Å². The van der Waals surface area contributed by atoms with Crippen LogP contribution in [0.3, 0.4) is 0 Å². The quantitative estimate of drug-likeness (QED) is 0.478. The molecular weight excluding hydrogens is 453 g/mol. The molecule has 0 saturated carbocycles. The summed E-state index contributed by atoms with van der Waals surface area (Å²) in [5.74, 6) is 0. The normalized spacial score (nSPS) is 25.6. The molecule has 0 aromatic carbocycles. The zero-order valence-corrected chi connectivity index (χ0v) is 19.4. The van der Waals surface area contributed by atoms with Gasteiger partial charge in [-0.05, 0) is 60.7 Å². The van der Waals surface area contributed by atoms with Crippen LogP contribution in [0.4, 0.5) is 0 Å². The first kappa shape index (κ1) is 20.3. The third kappa shape index (κ3) is 3.67. The molecule has 4 aliphatic rings. The third-order valence-corrected chi connectivity index (χ3v) is 7.10. The standard InChI is InChI=1S/C26H21Cl2N5/c1-33-12-2-3-16(15-33)24-21-7-6-19(30-21)13-17-4-5-18(29-17)14-20-10-11-26(28,32-20)25(27)23-9-8-22(24)31-23/h2-11,13-15,25,29,31H,12H2,1H3. The molecule has 2 aromatic rings. The molecule has 33 heavy (non-hydrogen) atoms. The Morgan fingerprint density at radius 2 is 1.82 bits per heavy atom. The van der Waals surface area contributed by atoms with E-state index in [9.17, 15) is 0 Å². The van der Waals surface area contributed by atoms with Crippen LogP contribution >= 0.6 is 23.2 Å². The van der Waals surface area contributed by atoms with E-state index in [0.717, 1.165) is 56.9 Å². The van der Waals surface area contributed by atoms with Crippen LogP contribution < -0.4 is 10.7 Å².